The minimum Gasteiger partial charge on any atom is -0.237 e. The van der Waals surface area contributed by atoms with Crippen molar-refractivity contribution < 1.29 is 0 Å². The monoisotopic (exact) mass is 249 g/mol. The molecule has 2 rings (SSSR count). The van der Waals surface area contributed by atoms with Gasteiger partial charge < -0.3 is 0 Å². The van der Waals surface area contributed by atoms with Gasteiger partial charge in [-0.2, -0.15) is 0 Å². The van der Waals surface area contributed by atoms with E-state index in [-0.39, 0.29) is 0 Å². The van der Waals surface area contributed by atoms with E-state index in [4.69, 9.17) is 23.2 Å². The van der Waals surface area contributed by atoms with Gasteiger partial charge >= 0.3 is 0 Å². The minimum absolute atomic E-state index is 0.403. The Balaban J connectivity index is 2.24. The third kappa shape index (κ3) is 3.09. The predicted molar refractivity (Wildman–Crippen MR) is 69.6 cm³/mol. The lowest BCUT2D eigenvalue weighted by Crippen LogP contribution is -1.81. The molecule has 0 bridgehead atoms. The molecule has 0 radical (unpaired) electrons. The Morgan fingerprint density at radius 3 is 2.38 bits per heavy atom. The average Bonchev–Trinajstić information content (AvgIpc) is 2.27. The zero-order valence-electron chi connectivity index (χ0n) is 8.40. The van der Waals surface area contributed by atoms with Crippen LogP contribution in [-0.2, 0) is 0 Å². The molecule has 0 aliphatic carbocycles. The number of hydrogen-bond acceptors (Lipinski definition) is 1. The summed E-state index contributed by atoms with van der Waals surface area (Å²) in [5, 5.41) is 0.993. The van der Waals surface area contributed by atoms with E-state index in [9.17, 15) is 0 Å². The van der Waals surface area contributed by atoms with Crippen molar-refractivity contribution in [2.75, 3.05) is 0 Å². The minimum atomic E-state index is 0.403. The molecule has 0 aliphatic heterocycles. The van der Waals surface area contributed by atoms with Crippen molar-refractivity contribution in [1.29, 1.82) is 0 Å². The zero-order valence-corrected chi connectivity index (χ0v) is 9.91. The molecule has 1 aromatic carbocycles. The molecule has 0 saturated heterocycles. The number of halogens is 2. The summed E-state index contributed by atoms with van der Waals surface area (Å²) in [4.78, 5) is 4.14. The topological polar surface area (TPSA) is 12.9 Å². The Morgan fingerprint density at radius 1 is 0.938 bits per heavy atom. The van der Waals surface area contributed by atoms with Crippen molar-refractivity contribution in [2.24, 2.45) is 0 Å². The van der Waals surface area contributed by atoms with Gasteiger partial charge in [0.2, 0.25) is 0 Å². The Morgan fingerprint density at radius 2 is 1.69 bits per heavy atom. The van der Waals surface area contributed by atoms with Crippen LogP contribution < -0.4 is 0 Å². The van der Waals surface area contributed by atoms with E-state index in [1.165, 1.54) is 0 Å². The van der Waals surface area contributed by atoms with Crippen LogP contribution in [0.2, 0.25) is 10.2 Å². The number of nitrogens with zero attached hydrogens (tertiary/aromatic N) is 1. The van der Waals surface area contributed by atoms with Gasteiger partial charge in [0.05, 0.1) is 5.69 Å². The van der Waals surface area contributed by atoms with E-state index in [0.29, 0.717) is 10.2 Å². The summed E-state index contributed by atoms with van der Waals surface area (Å²) in [5.74, 6) is 0. The summed E-state index contributed by atoms with van der Waals surface area (Å²) >= 11 is 11.7. The second-order valence-corrected chi connectivity index (χ2v) is 4.10. The van der Waals surface area contributed by atoms with E-state index in [2.05, 4.69) is 4.98 Å². The molecule has 1 heterocycles. The van der Waals surface area contributed by atoms with Gasteiger partial charge in [-0.25, -0.2) is 4.98 Å². The van der Waals surface area contributed by atoms with Gasteiger partial charge in [0, 0.05) is 5.02 Å². The lowest BCUT2D eigenvalue weighted by molar-refractivity contribution is 1.30. The van der Waals surface area contributed by atoms with Gasteiger partial charge in [-0.3, -0.25) is 0 Å². The molecule has 0 atom stereocenters. The fraction of sp³-hybridized carbons (Fsp3) is 0. The normalized spacial score (nSPS) is 10.9. The molecule has 0 saturated carbocycles. The van der Waals surface area contributed by atoms with Crippen molar-refractivity contribution in [2.45, 2.75) is 0 Å². The summed E-state index contributed by atoms with van der Waals surface area (Å²) in [6.45, 7) is 0. The smallest absolute Gasteiger partial charge is 0.131 e. The Bertz CT molecular complexity index is 486. The molecule has 80 valence electrons. The maximum Gasteiger partial charge on any atom is 0.131 e. The maximum absolute atomic E-state index is 5.87. The van der Waals surface area contributed by atoms with Crippen LogP contribution in [0.25, 0.3) is 12.2 Å². The number of rotatable bonds is 2. The fourth-order valence-electron chi connectivity index (χ4n) is 1.32. The first-order valence-corrected chi connectivity index (χ1v) is 5.56. The highest BCUT2D eigenvalue weighted by atomic mass is 35.5. The molecule has 16 heavy (non-hydrogen) atoms. The van der Waals surface area contributed by atoms with Crippen molar-refractivity contribution >= 4 is 35.4 Å². The maximum atomic E-state index is 5.87. The van der Waals surface area contributed by atoms with Crippen molar-refractivity contribution in [1.82, 2.24) is 4.98 Å². The lowest BCUT2D eigenvalue weighted by Gasteiger charge is -1.96. The summed E-state index contributed by atoms with van der Waals surface area (Å²) < 4.78 is 0. The number of benzene rings is 1. The molecule has 0 fully saturated rings. The third-order valence-electron chi connectivity index (χ3n) is 2.02. The molecule has 2 aromatic rings. The standard InChI is InChI=1S/C13H9Cl2N/c14-11-8-12(16-13(15)9-11)7-6-10-4-2-1-3-5-10/h1-9H/b7-6+. The highest BCUT2D eigenvalue weighted by Crippen LogP contribution is 2.17. The van der Waals surface area contributed by atoms with Gasteiger partial charge in [-0.05, 0) is 23.8 Å². The highest BCUT2D eigenvalue weighted by Gasteiger charge is 1.96. The number of aromatic nitrogens is 1. The summed E-state index contributed by atoms with van der Waals surface area (Å²) in [6.07, 6.45) is 3.85. The second kappa shape index (κ2) is 5.15. The molecule has 0 N–H and O–H groups in total. The van der Waals surface area contributed by atoms with Crippen LogP contribution in [0, 0.1) is 0 Å². The summed E-state index contributed by atoms with van der Waals surface area (Å²) in [6, 6.07) is 13.4. The molecule has 0 unspecified atom stereocenters. The van der Waals surface area contributed by atoms with Crippen molar-refractivity contribution in [3.05, 3.63) is 63.9 Å². The van der Waals surface area contributed by atoms with E-state index < -0.39 is 0 Å². The Labute approximate surface area is 104 Å². The summed E-state index contributed by atoms with van der Waals surface area (Å²) in [5.41, 5.74) is 1.86. The Hall–Kier alpha value is -1.31. The first-order chi connectivity index (χ1) is 7.74. The van der Waals surface area contributed by atoms with Crippen LogP contribution in [0.5, 0.6) is 0 Å². The van der Waals surface area contributed by atoms with Gasteiger partial charge in [0.1, 0.15) is 5.15 Å². The predicted octanol–water partition coefficient (Wildman–Crippen LogP) is 4.56. The number of hydrogen-bond donors (Lipinski definition) is 0. The molecule has 0 amide bonds. The molecular weight excluding hydrogens is 241 g/mol. The molecule has 0 aliphatic rings. The largest absolute Gasteiger partial charge is 0.237 e. The molecule has 1 nitrogen and oxygen atoms in total. The number of pyridine rings is 1. The first kappa shape index (κ1) is 11.2. The van der Waals surface area contributed by atoms with Gasteiger partial charge in [-0.1, -0.05) is 59.6 Å². The van der Waals surface area contributed by atoms with Crippen LogP contribution in [0.4, 0.5) is 0 Å². The average molecular weight is 250 g/mol. The van der Waals surface area contributed by atoms with Crippen LogP contribution in [-0.4, -0.2) is 4.98 Å². The zero-order chi connectivity index (χ0) is 11.4. The van der Waals surface area contributed by atoms with Crippen molar-refractivity contribution in [3.63, 3.8) is 0 Å². The first-order valence-electron chi connectivity index (χ1n) is 4.80. The third-order valence-corrected chi connectivity index (χ3v) is 2.44. The Kier molecular flexibility index (Phi) is 3.60. The van der Waals surface area contributed by atoms with E-state index in [0.717, 1.165) is 11.3 Å². The van der Waals surface area contributed by atoms with Crippen LogP contribution in [0.3, 0.4) is 0 Å². The molecule has 3 heteroatoms. The van der Waals surface area contributed by atoms with Crippen LogP contribution in [0.15, 0.2) is 42.5 Å². The molecular formula is C13H9Cl2N. The second-order valence-electron chi connectivity index (χ2n) is 3.28. The van der Waals surface area contributed by atoms with Gasteiger partial charge in [-0.15, -0.1) is 0 Å². The van der Waals surface area contributed by atoms with Gasteiger partial charge in [0.25, 0.3) is 0 Å². The highest BCUT2D eigenvalue weighted by molar-refractivity contribution is 6.34. The van der Waals surface area contributed by atoms with Crippen LogP contribution in [0.1, 0.15) is 11.3 Å². The van der Waals surface area contributed by atoms with Crippen LogP contribution >= 0.6 is 23.2 Å². The molecule has 0 spiro atoms. The van der Waals surface area contributed by atoms with E-state index in [1.54, 1.807) is 12.1 Å². The van der Waals surface area contributed by atoms with Crippen molar-refractivity contribution in [3.8, 4) is 0 Å². The summed E-state index contributed by atoms with van der Waals surface area (Å²) in [7, 11) is 0. The lowest BCUT2D eigenvalue weighted by atomic mass is 10.2. The van der Waals surface area contributed by atoms with Gasteiger partial charge in [0.15, 0.2) is 0 Å². The van der Waals surface area contributed by atoms with E-state index >= 15 is 0 Å². The fourth-order valence-corrected chi connectivity index (χ4v) is 1.80. The van der Waals surface area contributed by atoms with E-state index in [1.807, 2.05) is 42.5 Å². The SMILES string of the molecule is Clc1cc(Cl)nc(/C=C/c2ccccc2)c1. The quantitative estimate of drug-likeness (QED) is 0.712. The molecule has 1 aromatic heterocycles.